The van der Waals surface area contributed by atoms with Gasteiger partial charge in [0.05, 0.1) is 5.02 Å². The minimum absolute atomic E-state index is 0.00762. The summed E-state index contributed by atoms with van der Waals surface area (Å²) in [5, 5.41) is 6.85. The molecule has 0 aliphatic carbocycles. The van der Waals surface area contributed by atoms with Gasteiger partial charge in [-0.05, 0) is 24.6 Å². The zero-order chi connectivity index (χ0) is 16.7. The van der Waals surface area contributed by atoms with E-state index in [4.69, 9.17) is 11.6 Å². The maximum Gasteiger partial charge on any atom is 0.244 e. The maximum atomic E-state index is 12.3. The molecule has 118 valence electrons. The van der Waals surface area contributed by atoms with Crippen LogP contribution in [0.5, 0.6) is 0 Å². The Balaban J connectivity index is 2.71. The number of hydrogen-bond donors (Lipinski definition) is 1. The van der Waals surface area contributed by atoms with Crippen LogP contribution in [0, 0.1) is 6.92 Å². The first kappa shape index (κ1) is 16.7. The number of ketones is 1. The number of benzene rings is 1. The predicted octanol–water partition coefficient (Wildman–Crippen LogP) is 2.49. The Kier molecular flexibility index (Phi) is 4.42. The van der Waals surface area contributed by atoms with Crippen molar-refractivity contribution >= 4 is 27.4 Å². The van der Waals surface area contributed by atoms with Crippen molar-refractivity contribution in [2.24, 2.45) is 0 Å². The summed E-state index contributed by atoms with van der Waals surface area (Å²) < 4.78 is 25.7. The zero-order valence-electron chi connectivity index (χ0n) is 12.6. The second-order valence-corrected chi connectivity index (χ2v) is 7.59. The highest BCUT2D eigenvalue weighted by atomic mass is 35.5. The van der Waals surface area contributed by atoms with Crippen LogP contribution in [0.3, 0.4) is 0 Å². The number of nitrogens with zero attached hydrogens (tertiary/aromatic N) is 2. The first-order valence-electron chi connectivity index (χ1n) is 6.44. The van der Waals surface area contributed by atoms with Crippen LogP contribution in [0.1, 0.15) is 23.1 Å². The zero-order valence-corrected chi connectivity index (χ0v) is 14.2. The lowest BCUT2D eigenvalue weighted by Gasteiger charge is -2.14. The van der Waals surface area contributed by atoms with Gasteiger partial charge in [-0.15, -0.1) is 0 Å². The molecule has 0 atom stereocenters. The molecule has 1 aromatic heterocycles. The minimum atomic E-state index is -3.68. The third-order valence-corrected chi connectivity index (χ3v) is 5.56. The number of aromatic amines is 1. The van der Waals surface area contributed by atoms with E-state index in [0.717, 1.165) is 4.31 Å². The molecule has 0 aliphatic heterocycles. The van der Waals surface area contributed by atoms with Crippen molar-refractivity contribution < 1.29 is 13.2 Å². The SMILES string of the molecule is CC(=O)c1n[nH]c(C)c1-c1ccc(Cl)c(S(=O)(=O)N(C)C)c1. The summed E-state index contributed by atoms with van der Waals surface area (Å²) in [5.74, 6) is -0.202. The Bertz CT molecular complexity index is 841. The molecule has 0 fully saturated rings. The van der Waals surface area contributed by atoms with Gasteiger partial charge in [0, 0.05) is 32.3 Å². The van der Waals surface area contributed by atoms with Crippen LogP contribution in [0.15, 0.2) is 23.1 Å². The van der Waals surface area contributed by atoms with Crippen molar-refractivity contribution in [3.63, 3.8) is 0 Å². The minimum Gasteiger partial charge on any atom is -0.293 e. The van der Waals surface area contributed by atoms with Gasteiger partial charge in [0.2, 0.25) is 10.0 Å². The van der Waals surface area contributed by atoms with E-state index in [9.17, 15) is 13.2 Å². The largest absolute Gasteiger partial charge is 0.293 e. The third kappa shape index (κ3) is 2.79. The van der Waals surface area contributed by atoms with E-state index in [1.807, 2.05) is 0 Å². The highest BCUT2D eigenvalue weighted by molar-refractivity contribution is 7.89. The van der Waals surface area contributed by atoms with E-state index in [0.29, 0.717) is 16.8 Å². The highest BCUT2D eigenvalue weighted by Crippen LogP contribution is 2.32. The van der Waals surface area contributed by atoms with Crippen molar-refractivity contribution in [3.05, 3.63) is 34.6 Å². The molecule has 1 heterocycles. The van der Waals surface area contributed by atoms with Crippen LogP contribution in [0.25, 0.3) is 11.1 Å². The number of rotatable bonds is 4. The van der Waals surface area contributed by atoms with Crippen molar-refractivity contribution in [1.82, 2.24) is 14.5 Å². The van der Waals surface area contributed by atoms with Crippen LogP contribution in [0.4, 0.5) is 0 Å². The molecule has 0 unspecified atom stereocenters. The summed E-state index contributed by atoms with van der Waals surface area (Å²) in [4.78, 5) is 11.7. The van der Waals surface area contributed by atoms with Crippen molar-refractivity contribution in [2.45, 2.75) is 18.7 Å². The number of carbonyl (C=O) groups is 1. The molecule has 0 saturated carbocycles. The first-order chi connectivity index (χ1) is 10.2. The Morgan fingerprint density at radius 2 is 1.95 bits per heavy atom. The van der Waals surface area contributed by atoms with E-state index < -0.39 is 10.0 Å². The summed E-state index contributed by atoms with van der Waals surface area (Å²) in [6, 6.07) is 4.63. The van der Waals surface area contributed by atoms with Gasteiger partial charge in [0.15, 0.2) is 5.78 Å². The molecular weight excluding hydrogens is 326 g/mol. The van der Waals surface area contributed by atoms with Crippen LogP contribution >= 0.6 is 11.6 Å². The summed E-state index contributed by atoms with van der Waals surface area (Å²) in [6.07, 6.45) is 0. The molecule has 2 rings (SSSR count). The Hall–Kier alpha value is -1.70. The Labute approximate surface area is 134 Å². The smallest absolute Gasteiger partial charge is 0.244 e. The van der Waals surface area contributed by atoms with Crippen molar-refractivity contribution in [3.8, 4) is 11.1 Å². The molecule has 2 aromatic rings. The molecule has 0 radical (unpaired) electrons. The second-order valence-electron chi connectivity index (χ2n) is 5.06. The Morgan fingerprint density at radius 1 is 1.32 bits per heavy atom. The Morgan fingerprint density at radius 3 is 2.50 bits per heavy atom. The predicted molar refractivity (Wildman–Crippen MR) is 84.6 cm³/mol. The van der Waals surface area contributed by atoms with Gasteiger partial charge in [0.1, 0.15) is 10.6 Å². The lowest BCUT2D eigenvalue weighted by atomic mass is 10.0. The number of H-pyrrole nitrogens is 1. The third-order valence-electron chi connectivity index (χ3n) is 3.26. The summed E-state index contributed by atoms with van der Waals surface area (Å²) in [5.41, 5.74) is 2.11. The highest BCUT2D eigenvalue weighted by Gasteiger charge is 2.23. The number of Topliss-reactive ketones (excluding diaryl/α,β-unsaturated/α-hetero) is 1. The number of halogens is 1. The van der Waals surface area contributed by atoms with E-state index in [1.54, 1.807) is 13.0 Å². The quantitative estimate of drug-likeness (QED) is 0.866. The molecule has 0 bridgehead atoms. The van der Waals surface area contributed by atoms with E-state index in [1.165, 1.54) is 33.2 Å². The van der Waals surface area contributed by atoms with Crippen molar-refractivity contribution in [2.75, 3.05) is 14.1 Å². The number of aromatic nitrogens is 2. The monoisotopic (exact) mass is 341 g/mol. The summed E-state index contributed by atoms with van der Waals surface area (Å²) >= 11 is 6.03. The van der Waals surface area contributed by atoms with E-state index in [2.05, 4.69) is 10.2 Å². The van der Waals surface area contributed by atoms with Gasteiger partial charge < -0.3 is 0 Å². The standard InChI is InChI=1S/C14H16ClN3O3S/c1-8-13(14(9(2)19)17-16-8)10-5-6-11(15)12(7-10)22(20,21)18(3)4/h5-7H,1-4H3,(H,16,17). The first-order valence-corrected chi connectivity index (χ1v) is 8.26. The van der Waals surface area contributed by atoms with Gasteiger partial charge in [-0.3, -0.25) is 9.89 Å². The van der Waals surface area contributed by atoms with Crippen molar-refractivity contribution in [1.29, 1.82) is 0 Å². The number of nitrogens with one attached hydrogen (secondary N) is 1. The van der Waals surface area contributed by atoms with Crippen LogP contribution in [0.2, 0.25) is 5.02 Å². The summed E-state index contributed by atoms with van der Waals surface area (Å²) in [6.45, 7) is 3.18. The van der Waals surface area contributed by atoms with Crippen LogP contribution < -0.4 is 0 Å². The van der Waals surface area contributed by atoms with E-state index in [-0.39, 0.29) is 21.4 Å². The average molecular weight is 342 g/mol. The topological polar surface area (TPSA) is 83.1 Å². The lowest BCUT2D eigenvalue weighted by molar-refractivity contribution is 0.101. The van der Waals surface area contributed by atoms with Gasteiger partial charge >= 0.3 is 0 Å². The second kappa shape index (κ2) is 5.83. The normalized spacial score (nSPS) is 11.9. The molecule has 1 aromatic carbocycles. The number of hydrogen-bond acceptors (Lipinski definition) is 4. The van der Waals surface area contributed by atoms with Gasteiger partial charge in [-0.2, -0.15) is 5.10 Å². The molecule has 0 amide bonds. The molecule has 0 aliphatic rings. The molecule has 8 heteroatoms. The van der Waals surface area contributed by atoms with Gasteiger partial charge in [0.25, 0.3) is 0 Å². The van der Waals surface area contributed by atoms with Crippen LogP contribution in [-0.2, 0) is 10.0 Å². The lowest BCUT2D eigenvalue weighted by Crippen LogP contribution is -2.22. The molecular formula is C14H16ClN3O3S. The fraction of sp³-hybridized carbons (Fsp3) is 0.286. The molecule has 22 heavy (non-hydrogen) atoms. The number of sulfonamides is 1. The van der Waals surface area contributed by atoms with Gasteiger partial charge in [-0.1, -0.05) is 17.7 Å². The number of aryl methyl sites for hydroxylation is 1. The molecule has 0 saturated heterocycles. The molecule has 0 spiro atoms. The van der Waals surface area contributed by atoms with Crippen LogP contribution in [-0.4, -0.2) is 42.8 Å². The summed E-state index contributed by atoms with van der Waals surface area (Å²) in [7, 11) is -0.815. The average Bonchev–Trinajstić information content (AvgIpc) is 2.81. The van der Waals surface area contributed by atoms with E-state index >= 15 is 0 Å². The maximum absolute atomic E-state index is 12.3. The molecule has 1 N–H and O–H groups in total. The number of carbonyl (C=O) groups excluding carboxylic acids is 1. The van der Waals surface area contributed by atoms with Gasteiger partial charge in [-0.25, -0.2) is 12.7 Å². The molecule has 6 nitrogen and oxygen atoms in total. The fourth-order valence-corrected chi connectivity index (χ4v) is 3.48. The fourth-order valence-electron chi connectivity index (χ4n) is 2.09.